The number of rotatable bonds is 7. The fraction of sp³-hybridized carbons (Fsp3) is 0.500. The second-order valence-electron chi connectivity index (χ2n) is 4.22. The number of nitriles is 1. The number of nitrogens with zero attached hydrogens (tertiary/aromatic N) is 2. The van der Waals surface area contributed by atoms with Crippen LogP contribution in [0.3, 0.4) is 0 Å². The third-order valence-electron chi connectivity index (χ3n) is 2.71. The first-order chi connectivity index (χ1) is 8.69. The number of benzene rings is 1. The highest BCUT2D eigenvalue weighted by Crippen LogP contribution is 2.25. The van der Waals surface area contributed by atoms with Crippen LogP contribution in [0.2, 0.25) is 0 Å². The van der Waals surface area contributed by atoms with Gasteiger partial charge in [-0.05, 0) is 26.0 Å². The highest BCUT2D eigenvalue weighted by molar-refractivity contribution is 5.39. The molecule has 18 heavy (non-hydrogen) atoms. The van der Waals surface area contributed by atoms with E-state index >= 15 is 0 Å². The van der Waals surface area contributed by atoms with Gasteiger partial charge in [0.2, 0.25) is 0 Å². The lowest BCUT2D eigenvalue weighted by Gasteiger charge is -2.23. The molecule has 0 saturated heterocycles. The topological polar surface area (TPSA) is 45.5 Å². The lowest BCUT2D eigenvalue weighted by molar-refractivity contribution is 0.189. The predicted octanol–water partition coefficient (Wildman–Crippen LogP) is 2.31. The molecule has 98 valence electrons. The fourth-order valence-electron chi connectivity index (χ4n) is 1.62. The number of hydrogen-bond acceptors (Lipinski definition) is 4. The highest BCUT2D eigenvalue weighted by Gasteiger charge is 2.09. The fourth-order valence-corrected chi connectivity index (χ4v) is 1.62. The molecule has 1 aromatic carbocycles. The van der Waals surface area contributed by atoms with Crippen LogP contribution in [0.15, 0.2) is 24.3 Å². The summed E-state index contributed by atoms with van der Waals surface area (Å²) in [6.07, 6.45) is 0. The molecule has 0 heterocycles. The summed E-state index contributed by atoms with van der Waals surface area (Å²) in [5, 5.41) is 8.73. The first kappa shape index (κ1) is 14.3. The molecule has 1 rings (SSSR count). The molecule has 4 nitrogen and oxygen atoms in total. The van der Waals surface area contributed by atoms with Gasteiger partial charge in [-0.1, -0.05) is 12.1 Å². The Morgan fingerprint density at radius 3 is 2.50 bits per heavy atom. The first-order valence-corrected chi connectivity index (χ1v) is 6.06. The summed E-state index contributed by atoms with van der Waals surface area (Å²) in [5.74, 6) is 1.47. The van der Waals surface area contributed by atoms with Crippen molar-refractivity contribution in [1.82, 2.24) is 4.90 Å². The Bertz CT molecular complexity index is 399. The largest absolute Gasteiger partial charge is 0.493 e. The number of para-hydroxylation sites is 2. The standard InChI is InChI=1S/C14H20N2O2/c1-12(2)16(9-8-15)10-11-18-14-7-5-4-6-13(14)17-3/h4-7,12H,9-11H2,1-3H3. The molecule has 0 radical (unpaired) electrons. The molecular weight excluding hydrogens is 228 g/mol. The highest BCUT2D eigenvalue weighted by atomic mass is 16.5. The van der Waals surface area contributed by atoms with Gasteiger partial charge in [0.15, 0.2) is 11.5 Å². The number of methoxy groups -OCH3 is 1. The van der Waals surface area contributed by atoms with E-state index in [0.717, 1.165) is 18.0 Å². The molecule has 0 fully saturated rings. The Morgan fingerprint density at radius 1 is 1.28 bits per heavy atom. The Labute approximate surface area is 109 Å². The minimum atomic E-state index is 0.339. The van der Waals surface area contributed by atoms with Crippen molar-refractivity contribution in [2.45, 2.75) is 19.9 Å². The number of ether oxygens (including phenoxy) is 2. The van der Waals surface area contributed by atoms with Crippen LogP contribution in [0.5, 0.6) is 11.5 Å². The van der Waals surface area contributed by atoms with E-state index in [0.29, 0.717) is 19.2 Å². The van der Waals surface area contributed by atoms with Crippen molar-refractivity contribution in [1.29, 1.82) is 5.26 Å². The lowest BCUT2D eigenvalue weighted by Crippen LogP contribution is -2.34. The van der Waals surface area contributed by atoms with Gasteiger partial charge in [0.1, 0.15) is 6.61 Å². The van der Waals surface area contributed by atoms with Crippen molar-refractivity contribution in [3.05, 3.63) is 24.3 Å². The zero-order valence-electron chi connectivity index (χ0n) is 11.2. The zero-order chi connectivity index (χ0) is 13.4. The number of hydrogen-bond donors (Lipinski definition) is 0. The van der Waals surface area contributed by atoms with Gasteiger partial charge in [0.05, 0.1) is 19.7 Å². The smallest absolute Gasteiger partial charge is 0.161 e. The molecule has 0 unspecified atom stereocenters. The maximum Gasteiger partial charge on any atom is 0.161 e. The van der Waals surface area contributed by atoms with E-state index in [1.165, 1.54) is 0 Å². The average molecular weight is 248 g/mol. The molecule has 0 N–H and O–H groups in total. The van der Waals surface area contributed by atoms with Crippen molar-refractivity contribution in [3.63, 3.8) is 0 Å². The molecule has 1 aromatic rings. The quantitative estimate of drug-likeness (QED) is 0.695. The van der Waals surface area contributed by atoms with Crippen LogP contribution in [-0.2, 0) is 0 Å². The van der Waals surface area contributed by atoms with Crippen LogP contribution < -0.4 is 9.47 Å². The summed E-state index contributed by atoms with van der Waals surface area (Å²) in [4.78, 5) is 2.06. The summed E-state index contributed by atoms with van der Waals surface area (Å²) in [5.41, 5.74) is 0. The maximum absolute atomic E-state index is 8.73. The van der Waals surface area contributed by atoms with Crippen molar-refractivity contribution in [3.8, 4) is 17.6 Å². The van der Waals surface area contributed by atoms with Crippen LogP contribution in [0.4, 0.5) is 0 Å². The van der Waals surface area contributed by atoms with E-state index in [9.17, 15) is 0 Å². The van der Waals surface area contributed by atoms with E-state index < -0.39 is 0 Å². The van der Waals surface area contributed by atoms with Gasteiger partial charge in [-0.15, -0.1) is 0 Å². The third-order valence-corrected chi connectivity index (χ3v) is 2.71. The van der Waals surface area contributed by atoms with Gasteiger partial charge >= 0.3 is 0 Å². The molecular formula is C14H20N2O2. The van der Waals surface area contributed by atoms with E-state index in [-0.39, 0.29) is 0 Å². The van der Waals surface area contributed by atoms with E-state index in [4.69, 9.17) is 14.7 Å². The average Bonchev–Trinajstić information content (AvgIpc) is 2.38. The molecule has 0 aromatic heterocycles. The molecule has 0 aliphatic heterocycles. The molecule has 0 atom stereocenters. The summed E-state index contributed by atoms with van der Waals surface area (Å²) in [6.45, 7) is 5.83. The SMILES string of the molecule is COc1ccccc1OCCN(CC#N)C(C)C. The molecule has 0 aliphatic carbocycles. The Balaban J connectivity index is 2.47. The molecule has 0 saturated carbocycles. The van der Waals surface area contributed by atoms with Crippen molar-refractivity contribution in [2.75, 3.05) is 26.8 Å². The second-order valence-corrected chi connectivity index (χ2v) is 4.22. The van der Waals surface area contributed by atoms with Gasteiger partial charge in [0, 0.05) is 12.6 Å². The van der Waals surface area contributed by atoms with Crippen LogP contribution in [0.1, 0.15) is 13.8 Å². The van der Waals surface area contributed by atoms with Crippen molar-refractivity contribution in [2.24, 2.45) is 0 Å². The third kappa shape index (κ3) is 4.27. The maximum atomic E-state index is 8.73. The van der Waals surface area contributed by atoms with Gasteiger partial charge in [0.25, 0.3) is 0 Å². The summed E-state index contributed by atoms with van der Waals surface area (Å²) in [6, 6.07) is 10.1. The Kier molecular flexibility index (Phi) is 6.03. The van der Waals surface area contributed by atoms with Crippen molar-refractivity contribution >= 4 is 0 Å². The molecule has 0 spiro atoms. The Morgan fingerprint density at radius 2 is 1.94 bits per heavy atom. The zero-order valence-corrected chi connectivity index (χ0v) is 11.2. The van der Waals surface area contributed by atoms with E-state index in [2.05, 4.69) is 24.8 Å². The summed E-state index contributed by atoms with van der Waals surface area (Å²) in [7, 11) is 1.62. The van der Waals surface area contributed by atoms with Crippen LogP contribution in [0, 0.1) is 11.3 Å². The summed E-state index contributed by atoms with van der Waals surface area (Å²) < 4.78 is 10.9. The van der Waals surface area contributed by atoms with Crippen LogP contribution >= 0.6 is 0 Å². The van der Waals surface area contributed by atoms with E-state index in [1.807, 2.05) is 24.3 Å². The van der Waals surface area contributed by atoms with Gasteiger partial charge in [-0.3, -0.25) is 4.90 Å². The Hall–Kier alpha value is -1.73. The monoisotopic (exact) mass is 248 g/mol. The second kappa shape index (κ2) is 7.57. The normalized spacial score (nSPS) is 10.4. The first-order valence-electron chi connectivity index (χ1n) is 6.06. The van der Waals surface area contributed by atoms with Crippen LogP contribution in [-0.4, -0.2) is 37.7 Å². The van der Waals surface area contributed by atoms with Crippen LogP contribution in [0.25, 0.3) is 0 Å². The van der Waals surface area contributed by atoms with Crippen molar-refractivity contribution < 1.29 is 9.47 Å². The molecule has 0 aliphatic rings. The molecule has 0 bridgehead atoms. The molecule has 0 amide bonds. The minimum absolute atomic E-state index is 0.339. The van der Waals surface area contributed by atoms with Gasteiger partial charge in [-0.2, -0.15) is 5.26 Å². The van der Waals surface area contributed by atoms with E-state index in [1.54, 1.807) is 7.11 Å². The summed E-state index contributed by atoms with van der Waals surface area (Å²) >= 11 is 0. The minimum Gasteiger partial charge on any atom is -0.493 e. The molecule has 4 heteroatoms. The van der Waals surface area contributed by atoms with Gasteiger partial charge in [-0.25, -0.2) is 0 Å². The predicted molar refractivity (Wildman–Crippen MR) is 70.8 cm³/mol. The lowest BCUT2D eigenvalue weighted by atomic mass is 10.3. The van der Waals surface area contributed by atoms with Gasteiger partial charge < -0.3 is 9.47 Å².